The van der Waals surface area contributed by atoms with E-state index >= 15 is 0 Å². The second kappa shape index (κ2) is 5.93. The third-order valence-corrected chi connectivity index (χ3v) is 3.20. The molecule has 0 aliphatic carbocycles. The number of halogens is 2. The van der Waals surface area contributed by atoms with Crippen molar-refractivity contribution in [3.63, 3.8) is 0 Å². The Bertz CT molecular complexity index is 590. The number of hydrogen-bond acceptors (Lipinski definition) is 3. The van der Waals surface area contributed by atoms with Crippen LogP contribution in [0, 0.1) is 5.82 Å². The quantitative estimate of drug-likeness (QED) is 0.870. The maximum Gasteiger partial charge on any atom is 0.142 e. The Morgan fingerprint density at radius 1 is 1.21 bits per heavy atom. The van der Waals surface area contributed by atoms with Gasteiger partial charge in [-0.25, -0.2) is 4.39 Å². The average Bonchev–Trinajstić information content (AvgIpc) is 2.40. The van der Waals surface area contributed by atoms with Crippen LogP contribution in [0.3, 0.4) is 0 Å². The van der Waals surface area contributed by atoms with Gasteiger partial charge in [0.1, 0.15) is 23.9 Å². The zero-order valence-electron chi connectivity index (χ0n) is 10.3. The molecule has 0 fully saturated rings. The fourth-order valence-corrected chi connectivity index (χ4v) is 2.02. The Labute approximate surface area is 119 Å². The molecule has 2 N–H and O–H groups in total. The Balaban J connectivity index is 2.05. The molecule has 100 valence electrons. The standard InChI is InChI=1S/C14H13BrFNO2/c1-18-14-5-3-10(7-13(14)17)19-8-9-2-4-12(16)11(15)6-9/h2-7H,8,17H2,1H3. The second-order valence-corrected chi connectivity index (χ2v) is 4.80. The first kappa shape index (κ1) is 13.7. The van der Waals surface area contributed by atoms with Crippen LogP contribution in [-0.4, -0.2) is 7.11 Å². The molecule has 0 saturated heterocycles. The molecular weight excluding hydrogens is 313 g/mol. The van der Waals surface area contributed by atoms with Crippen molar-refractivity contribution in [2.75, 3.05) is 12.8 Å². The van der Waals surface area contributed by atoms with Crippen molar-refractivity contribution in [1.82, 2.24) is 0 Å². The lowest BCUT2D eigenvalue weighted by molar-refractivity contribution is 0.305. The van der Waals surface area contributed by atoms with E-state index in [9.17, 15) is 4.39 Å². The minimum Gasteiger partial charge on any atom is -0.495 e. The Hall–Kier alpha value is -1.75. The van der Waals surface area contributed by atoms with Crippen LogP contribution >= 0.6 is 15.9 Å². The second-order valence-electron chi connectivity index (χ2n) is 3.94. The first-order valence-corrected chi connectivity index (χ1v) is 6.39. The van der Waals surface area contributed by atoms with Crippen molar-refractivity contribution in [1.29, 1.82) is 0 Å². The highest BCUT2D eigenvalue weighted by atomic mass is 79.9. The Kier molecular flexibility index (Phi) is 4.27. The van der Waals surface area contributed by atoms with Crippen LogP contribution in [0.4, 0.5) is 10.1 Å². The number of benzene rings is 2. The lowest BCUT2D eigenvalue weighted by Gasteiger charge is -2.09. The predicted octanol–water partition coefficient (Wildman–Crippen LogP) is 3.76. The minimum absolute atomic E-state index is 0.294. The summed E-state index contributed by atoms with van der Waals surface area (Å²) < 4.78 is 24.2. The number of anilines is 1. The van der Waals surface area contributed by atoms with Gasteiger partial charge in [-0.05, 0) is 45.8 Å². The molecule has 19 heavy (non-hydrogen) atoms. The third-order valence-electron chi connectivity index (χ3n) is 2.59. The number of hydrogen-bond donors (Lipinski definition) is 1. The SMILES string of the molecule is COc1ccc(OCc2ccc(F)c(Br)c2)cc1N. The van der Waals surface area contributed by atoms with Gasteiger partial charge in [0.15, 0.2) is 0 Å². The summed E-state index contributed by atoms with van der Waals surface area (Å²) in [6.07, 6.45) is 0. The molecule has 5 heteroatoms. The van der Waals surface area contributed by atoms with Gasteiger partial charge < -0.3 is 15.2 Å². The van der Waals surface area contributed by atoms with Gasteiger partial charge >= 0.3 is 0 Å². The van der Waals surface area contributed by atoms with Crippen molar-refractivity contribution >= 4 is 21.6 Å². The number of rotatable bonds is 4. The summed E-state index contributed by atoms with van der Waals surface area (Å²) in [4.78, 5) is 0. The van der Waals surface area contributed by atoms with Gasteiger partial charge in [0.05, 0.1) is 17.3 Å². The predicted molar refractivity (Wildman–Crippen MR) is 75.8 cm³/mol. The number of nitrogens with two attached hydrogens (primary N) is 1. The zero-order valence-corrected chi connectivity index (χ0v) is 11.9. The highest BCUT2D eigenvalue weighted by Gasteiger charge is 2.04. The maximum absolute atomic E-state index is 13.1. The van der Waals surface area contributed by atoms with Gasteiger partial charge in [0.25, 0.3) is 0 Å². The molecule has 0 spiro atoms. The van der Waals surface area contributed by atoms with Gasteiger partial charge in [-0.2, -0.15) is 0 Å². The Morgan fingerprint density at radius 3 is 2.63 bits per heavy atom. The zero-order chi connectivity index (χ0) is 13.8. The van der Waals surface area contributed by atoms with Crippen LogP contribution in [-0.2, 0) is 6.61 Å². The molecule has 2 aromatic rings. The van der Waals surface area contributed by atoms with Crippen molar-refractivity contribution < 1.29 is 13.9 Å². The molecule has 0 unspecified atom stereocenters. The van der Waals surface area contributed by atoms with E-state index in [-0.39, 0.29) is 5.82 Å². The fraction of sp³-hybridized carbons (Fsp3) is 0.143. The van der Waals surface area contributed by atoms with E-state index in [0.29, 0.717) is 28.3 Å². The summed E-state index contributed by atoms with van der Waals surface area (Å²) in [6, 6.07) is 9.96. The normalized spacial score (nSPS) is 10.3. The average molecular weight is 326 g/mol. The van der Waals surface area contributed by atoms with E-state index < -0.39 is 0 Å². The number of nitrogen functional groups attached to an aromatic ring is 1. The van der Waals surface area contributed by atoms with Crippen molar-refractivity contribution in [3.05, 3.63) is 52.3 Å². The monoisotopic (exact) mass is 325 g/mol. The highest BCUT2D eigenvalue weighted by molar-refractivity contribution is 9.10. The van der Waals surface area contributed by atoms with E-state index in [2.05, 4.69) is 15.9 Å². The van der Waals surface area contributed by atoms with Gasteiger partial charge in [-0.3, -0.25) is 0 Å². The first-order valence-electron chi connectivity index (χ1n) is 5.60. The van der Waals surface area contributed by atoms with E-state index in [0.717, 1.165) is 5.56 Å². The largest absolute Gasteiger partial charge is 0.495 e. The summed E-state index contributed by atoms with van der Waals surface area (Å²) in [7, 11) is 1.56. The molecule has 0 aliphatic rings. The number of ether oxygens (including phenoxy) is 2. The number of methoxy groups -OCH3 is 1. The smallest absolute Gasteiger partial charge is 0.142 e. The molecule has 0 aromatic heterocycles. The van der Waals surface area contributed by atoms with Crippen LogP contribution in [0.15, 0.2) is 40.9 Å². The fourth-order valence-electron chi connectivity index (χ4n) is 1.60. The van der Waals surface area contributed by atoms with E-state index in [1.54, 1.807) is 37.4 Å². The van der Waals surface area contributed by atoms with E-state index in [1.807, 2.05) is 0 Å². The van der Waals surface area contributed by atoms with Crippen LogP contribution < -0.4 is 15.2 Å². The molecular formula is C14H13BrFNO2. The summed E-state index contributed by atoms with van der Waals surface area (Å²) in [5, 5.41) is 0. The van der Waals surface area contributed by atoms with Crippen LogP contribution in [0.2, 0.25) is 0 Å². The molecule has 2 aromatic carbocycles. The first-order chi connectivity index (χ1) is 9.10. The molecule has 2 rings (SSSR count). The molecule has 3 nitrogen and oxygen atoms in total. The lowest BCUT2D eigenvalue weighted by atomic mass is 10.2. The minimum atomic E-state index is -0.294. The maximum atomic E-state index is 13.1. The molecule has 0 radical (unpaired) electrons. The molecule has 0 saturated carbocycles. The van der Waals surface area contributed by atoms with Gasteiger partial charge in [-0.15, -0.1) is 0 Å². The van der Waals surface area contributed by atoms with Crippen molar-refractivity contribution in [2.45, 2.75) is 6.61 Å². The third kappa shape index (κ3) is 3.38. The Morgan fingerprint density at radius 2 is 2.00 bits per heavy atom. The molecule has 0 heterocycles. The summed E-state index contributed by atoms with van der Waals surface area (Å²) >= 11 is 3.14. The van der Waals surface area contributed by atoms with Crippen LogP contribution in [0.1, 0.15) is 5.56 Å². The van der Waals surface area contributed by atoms with Crippen LogP contribution in [0.5, 0.6) is 11.5 Å². The van der Waals surface area contributed by atoms with Crippen molar-refractivity contribution in [3.8, 4) is 11.5 Å². The summed E-state index contributed by atoms with van der Waals surface area (Å²) in [5.41, 5.74) is 7.16. The van der Waals surface area contributed by atoms with E-state index in [4.69, 9.17) is 15.2 Å². The van der Waals surface area contributed by atoms with E-state index in [1.165, 1.54) is 6.07 Å². The van der Waals surface area contributed by atoms with Gasteiger partial charge in [0.2, 0.25) is 0 Å². The van der Waals surface area contributed by atoms with Crippen LogP contribution in [0.25, 0.3) is 0 Å². The lowest BCUT2D eigenvalue weighted by Crippen LogP contribution is -1.98. The molecule has 0 aliphatic heterocycles. The topological polar surface area (TPSA) is 44.5 Å². The molecule has 0 amide bonds. The van der Waals surface area contributed by atoms with Crippen molar-refractivity contribution in [2.24, 2.45) is 0 Å². The molecule has 0 bridgehead atoms. The summed E-state index contributed by atoms with van der Waals surface area (Å²) in [5.74, 6) is 0.952. The summed E-state index contributed by atoms with van der Waals surface area (Å²) in [6.45, 7) is 0.338. The molecule has 0 atom stereocenters. The highest BCUT2D eigenvalue weighted by Crippen LogP contribution is 2.26. The van der Waals surface area contributed by atoms with Gasteiger partial charge in [0, 0.05) is 6.07 Å². The van der Waals surface area contributed by atoms with Gasteiger partial charge in [-0.1, -0.05) is 6.07 Å².